The topological polar surface area (TPSA) is 228 Å². The zero-order valence-electron chi connectivity index (χ0n) is 51.4. The smallest absolute Gasteiger partial charge is 0.220 e. The lowest BCUT2D eigenvalue weighted by atomic mass is 9.97. The summed E-state index contributed by atoms with van der Waals surface area (Å²) >= 11 is 0. The molecule has 2 aliphatic heterocycles. The van der Waals surface area contributed by atoms with E-state index in [2.05, 4.69) is 31.3 Å². The number of unbranched alkanes of at least 4 members (excludes halogenated alkanes) is 41. The molecule has 0 saturated carbocycles. The zero-order chi connectivity index (χ0) is 58.1. The molecule has 0 aromatic heterocycles. The van der Waals surface area contributed by atoms with Gasteiger partial charge in [-0.25, -0.2) is 0 Å². The molecule has 1 amide bonds. The molecule has 2 saturated heterocycles. The number of hydrogen-bond acceptors (Lipinski definition) is 13. The second-order valence-electron chi connectivity index (χ2n) is 24.3. The summed E-state index contributed by atoms with van der Waals surface area (Å²) in [5.41, 5.74) is 0. The van der Waals surface area contributed by atoms with E-state index in [1.54, 1.807) is 0 Å². The minimum Gasteiger partial charge on any atom is -0.394 e. The lowest BCUT2D eigenvalue weighted by Crippen LogP contribution is -2.65. The van der Waals surface area contributed by atoms with Gasteiger partial charge in [0, 0.05) is 6.42 Å². The monoisotopic (exact) mass is 1140 g/mol. The van der Waals surface area contributed by atoms with Gasteiger partial charge in [-0.2, -0.15) is 0 Å². The van der Waals surface area contributed by atoms with Crippen LogP contribution < -0.4 is 5.32 Å². The number of ether oxygens (including phenoxy) is 4. The fourth-order valence-corrected chi connectivity index (χ4v) is 11.5. The van der Waals surface area contributed by atoms with E-state index in [0.717, 1.165) is 51.4 Å². The van der Waals surface area contributed by atoms with Crippen LogP contribution in [0.2, 0.25) is 0 Å². The van der Waals surface area contributed by atoms with Crippen molar-refractivity contribution in [3.05, 3.63) is 12.2 Å². The van der Waals surface area contributed by atoms with E-state index in [4.69, 9.17) is 18.9 Å². The van der Waals surface area contributed by atoms with E-state index in [1.807, 2.05) is 0 Å². The van der Waals surface area contributed by atoms with Crippen molar-refractivity contribution in [2.45, 2.75) is 383 Å². The van der Waals surface area contributed by atoms with Crippen LogP contribution in [0.1, 0.15) is 309 Å². The van der Waals surface area contributed by atoms with Crippen molar-refractivity contribution >= 4 is 5.91 Å². The third-order valence-electron chi connectivity index (χ3n) is 17.0. The highest BCUT2D eigenvalue weighted by atomic mass is 16.7. The van der Waals surface area contributed by atoms with Gasteiger partial charge in [0.1, 0.15) is 48.8 Å². The van der Waals surface area contributed by atoms with Gasteiger partial charge in [0.05, 0.1) is 32.0 Å². The van der Waals surface area contributed by atoms with Crippen LogP contribution in [0.5, 0.6) is 0 Å². The molecule has 12 atom stereocenters. The molecule has 0 aromatic carbocycles. The second-order valence-corrected chi connectivity index (χ2v) is 24.3. The maximum Gasteiger partial charge on any atom is 0.220 e. The lowest BCUT2D eigenvalue weighted by molar-refractivity contribution is -0.359. The normalized spacial score (nSPS) is 24.2. The molecule has 2 aliphatic rings. The summed E-state index contributed by atoms with van der Waals surface area (Å²) in [6.45, 7) is 2.86. The Hall–Kier alpha value is -1.27. The van der Waals surface area contributed by atoms with Crippen LogP contribution in [0.15, 0.2) is 12.2 Å². The van der Waals surface area contributed by atoms with Crippen molar-refractivity contribution in [1.29, 1.82) is 0 Å². The van der Waals surface area contributed by atoms with Crippen LogP contribution in [0, 0.1) is 0 Å². The minimum atomic E-state index is -1.78. The quantitative estimate of drug-likeness (QED) is 0.0204. The standard InChI is InChI=1S/C66H127NO13/c1-3-5-7-9-11-13-14-15-16-17-18-19-20-21-22-23-24-25-26-27-28-29-30-31-32-33-34-35-36-37-38-39-40-42-44-46-48-50-58(71)67-54(55(70)49-47-45-43-41-12-10-8-6-4-2)53-77-65-63(76)61(74)64(57(52-69)79-65)80-66-62(75)60(73)59(72)56(51-68)78-66/h17-18,54-57,59-66,68-70,72-76H,3-16,19-53H2,1-2H3,(H,67,71)/b18-17-. The van der Waals surface area contributed by atoms with Gasteiger partial charge in [0.15, 0.2) is 12.6 Å². The van der Waals surface area contributed by atoms with Crippen molar-refractivity contribution in [1.82, 2.24) is 5.32 Å². The van der Waals surface area contributed by atoms with Crippen LogP contribution in [-0.4, -0.2) is 140 Å². The van der Waals surface area contributed by atoms with Crippen LogP contribution in [0.25, 0.3) is 0 Å². The van der Waals surface area contributed by atoms with Gasteiger partial charge in [-0.15, -0.1) is 0 Å². The van der Waals surface area contributed by atoms with Gasteiger partial charge in [-0.1, -0.05) is 276 Å². The predicted octanol–water partition coefficient (Wildman–Crippen LogP) is 13.0. The first-order valence-electron chi connectivity index (χ1n) is 33.9. The van der Waals surface area contributed by atoms with E-state index in [0.29, 0.717) is 12.8 Å². The SMILES string of the molecule is CCCCCCCCCC/C=C\CCCCCCCCCCCCCCCCCCCCCCCCCCCC(=O)NC(COC1OC(CO)C(OC2OC(CO)C(O)C(O)C2O)C(O)C1O)C(O)CCCCCCCCCCC. The zero-order valence-corrected chi connectivity index (χ0v) is 51.4. The molecule has 474 valence electrons. The van der Waals surface area contributed by atoms with Crippen molar-refractivity contribution < 1.29 is 64.6 Å². The molecule has 0 bridgehead atoms. The number of rotatable bonds is 56. The molecule has 12 unspecified atom stereocenters. The van der Waals surface area contributed by atoms with E-state index in [1.165, 1.54) is 231 Å². The van der Waals surface area contributed by atoms with Crippen molar-refractivity contribution in [2.24, 2.45) is 0 Å². The van der Waals surface area contributed by atoms with Gasteiger partial charge in [-0.05, 0) is 38.5 Å². The minimum absolute atomic E-state index is 0.203. The number of aliphatic hydroxyl groups is 8. The summed E-state index contributed by atoms with van der Waals surface area (Å²) < 4.78 is 22.8. The summed E-state index contributed by atoms with van der Waals surface area (Å²) in [5.74, 6) is -0.203. The summed E-state index contributed by atoms with van der Waals surface area (Å²) in [4.78, 5) is 13.2. The number of amides is 1. The largest absolute Gasteiger partial charge is 0.394 e. The van der Waals surface area contributed by atoms with Crippen molar-refractivity contribution in [3.8, 4) is 0 Å². The van der Waals surface area contributed by atoms with Gasteiger partial charge in [-0.3, -0.25) is 4.79 Å². The average molecular weight is 1140 g/mol. The first-order valence-corrected chi connectivity index (χ1v) is 33.9. The van der Waals surface area contributed by atoms with E-state index < -0.39 is 86.8 Å². The van der Waals surface area contributed by atoms with E-state index in [9.17, 15) is 45.6 Å². The van der Waals surface area contributed by atoms with Crippen molar-refractivity contribution in [3.63, 3.8) is 0 Å². The number of aliphatic hydroxyl groups excluding tert-OH is 8. The fraction of sp³-hybridized carbons (Fsp3) is 0.955. The molecule has 0 aromatic rings. The maximum atomic E-state index is 13.2. The highest BCUT2D eigenvalue weighted by Gasteiger charge is 2.51. The molecule has 0 spiro atoms. The Bertz CT molecular complexity index is 1390. The van der Waals surface area contributed by atoms with Crippen LogP contribution in [-0.2, 0) is 23.7 Å². The molecule has 2 fully saturated rings. The molecule has 80 heavy (non-hydrogen) atoms. The molecule has 14 heteroatoms. The van der Waals surface area contributed by atoms with E-state index >= 15 is 0 Å². The lowest BCUT2D eigenvalue weighted by Gasteiger charge is -2.46. The number of carbonyl (C=O) groups excluding carboxylic acids is 1. The first kappa shape index (κ1) is 74.8. The van der Waals surface area contributed by atoms with Crippen LogP contribution in [0.3, 0.4) is 0 Å². The summed E-state index contributed by atoms with van der Waals surface area (Å²) in [6, 6.07) is -0.822. The highest BCUT2D eigenvalue weighted by Crippen LogP contribution is 2.30. The number of carbonyl (C=O) groups is 1. The second kappa shape index (κ2) is 52.1. The third kappa shape index (κ3) is 36.5. The maximum absolute atomic E-state index is 13.2. The van der Waals surface area contributed by atoms with Gasteiger partial charge in [0.2, 0.25) is 5.91 Å². The van der Waals surface area contributed by atoms with Gasteiger partial charge < -0.3 is 65.1 Å². The van der Waals surface area contributed by atoms with Crippen LogP contribution >= 0.6 is 0 Å². The average Bonchev–Trinajstić information content (AvgIpc) is 3.49. The Morgan fingerprint density at radius 2 is 0.787 bits per heavy atom. The van der Waals surface area contributed by atoms with Gasteiger partial charge in [0.25, 0.3) is 0 Å². The number of nitrogens with one attached hydrogen (secondary N) is 1. The Balaban J connectivity index is 1.52. The Morgan fingerprint density at radius 1 is 0.438 bits per heavy atom. The molecule has 14 nitrogen and oxygen atoms in total. The van der Waals surface area contributed by atoms with Crippen LogP contribution in [0.4, 0.5) is 0 Å². The highest BCUT2D eigenvalue weighted by molar-refractivity contribution is 5.76. The molecule has 0 aliphatic carbocycles. The predicted molar refractivity (Wildman–Crippen MR) is 323 cm³/mol. The Morgan fingerprint density at radius 3 is 1.19 bits per heavy atom. The Kier molecular flexibility index (Phi) is 48.7. The van der Waals surface area contributed by atoms with Gasteiger partial charge >= 0.3 is 0 Å². The van der Waals surface area contributed by atoms with E-state index in [-0.39, 0.29) is 12.5 Å². The summed E-state index contributed by atoms with van der Waals surface area (Å²) in [7, 11) is 0. The molecule has 0 radical (unpaired) electrons. The third-order valence-corrected chi connectivity index (χ3v) is 17.0. The summed E-state index contributed by atoms with van der Waals surface area (Å²) in [6.07, 6.45) is 45.7. The fourth-order valence-electron chi connectivity index (χ4n) is 11.5. The number of allylic oxidation sites excluding steroid dienone is 2. The molecule has 2 rings (SSSR count). The number of hydrogen-bond donors (Lipinski definition) is 9. The molecular weight excluding hydrogens is 1010 g/mol. The summed E-state index contributed by atoms with van der Waals surface area (Å²) in [5, 5.41) is 87.1. The first-order chi connectivity index (χ1) is 39.1. The van der Waals surface area contributed by atoms with Crippen molar-refractivity contribution in [2.75, 3.05) is 19.8 Å². The Labute approximate surface area is 488 Å². The molecule has 2 heterocycles. The molecular formula is C66H127NO13. The molecule has 9 N–H and O–H groups in total.